The predicted octanol–water partition coefficient (Wildman–Crippen LogP) is 6.68. The Labute approximate surface area is 216 Å². The first kappa shape index (κ1) is 24.4. The summed E-state index contributed by atoms with van der Waals surface area (Å²) in [5.41, 5.74) is 4.84. The zero-order chi connectivity index (χ0) is 25.8. The first-order chi connectivity index (χ1) is 17.9. The number of rotatable bonds is 8. The first-order valence-corrected chi connectivity index (χ1v) is 12.5. The second kappa shape index (κ2) is 10.4. The van der Waals surface area contributed by atoms with Crippen LogP contribution in [0.25, 0.3) is 16.6 Å². The molecule has 0 unspecified atom stereocenters. The van der Waals surface area contributed by atoms with Gasteiger partial charge in [-0.3, -0.25) is 4.79 Å². The van der Waals surface area contributed by atoms with Crippen LogP contribution in [0, 0.1) is 11.2 Å². The van der Waals surface area contributed by atoms with Crippen molar-refractivity contribution in [2.45, 2.75) is 26.2 Å². The summed E-state index contributed by atoms with van der Waals surface area (Å²) in [6.07, 6.45) is 2.21. The molecule has 0 fully saturated rings. The van der Waals surface area contributed by atoms with Crippen molar-refractivity contribution in [1.82, 2.24) is 15.1 Å². The predicted molar refractivity (Wildman–Crippen MR) is 146 cm³/mol. The minimum Gasteiger partial charge on any atom is -0.355 e. The Morgan fingerprint density at radius 3 is 2.27 bits per heavy atom. The van der Waals surface area contributed by atoms with Crippen LogP contribution in [-0.4, -0.2) is 22.2 Å². The van der Waals surface area contributed by atoms with E-state index in [1.54, 1.807) is 12.1 Å². The number of nitrogens with one attached hydrogen (secondary N) is 1. The van der Waals surface area contributed by atoms with Gasteiger partial charge in [0.1, 0.15) is 5.82 Å². The van der Waals surface area contributed by atoms with Gasteiger partial charge in [0.2, 0.25) is 5.91 Å². The molecule has 1 N–H and O–H groups in total. The largest absolute Gasteiger partial charge is 0.355 e. The Kier molecular flexibility index (Phi) is 6.87. The van der Waals surface area contributed by atoms with Crippen molar-refractivity contribution in [2.75, 3.05) is 6.54 Å². The average molecular weight is 492 g/mol. The maximum absolute atomic E-state index is 13.4. The number of aromatic nitrogens is 2. The SMILES string of the molecule is CC(C)(CNC(=O)Cc1ccccc1)[C@@H](c1ccccc1)c1ccc2c(cnn2-c2ccc(F)cc2)c1. The molecule has 186 valence electrons. The molecule has 0 aliphatic rings. The number of hydrogen-bond donors (Lipinski definition) is 1. The molecule has 0 aliphatic carbocycles. The number of benzene rings is 4. The van der Waals surface area contributed by atoms with Crippen LogP contribution in [0.1, 0.15) is 36.5 Å². The maximum Gasteiger partial charge on any atom is 0.224 e. The maximum atomic E-state index is 13.4. The molecule has 0 saturated carbocycles. The summed E-state index contributed by atoms with van der Waals surface area (Å²) in [6.45, 7) is 4.92. The molecule has 0 aliphatic heterocycles. The third-order valence-corrected chi connectivity index (χ3v) is 6.86. The molecule has 5 heteroatoms. The van der Waals surface area contributed by atoms with Gasteiger partial charge in [-0.25, -0.2) is 9.07 Å². The van der Waals surface area contributed by atoms with E-state index in [9.17, 15) is 9.18 Å². The summed E-state index contributed by atoms with van der Waals surface area (Å²) in [4.78, 5) is 12.7. The highest BCUT2D eigenvalue weighted by Crippen LogP contribution is 2.41. The fourth-order valence-corrected chi connectivity index (χ4v) is 5.03. The smallest absolute Gasteiger partial charge is 0.224 e. The molecule has 1 amide bonds. The van der Waals surface area contributed by atoms with Crippen LogP contribution in [0.4, 0.5) is 4.39 Å². The van der Waals surface area contributed by atoms with Gasteiger partial charge in [-0.1, -0.05) is 80.6 Å². The van der Waals surface area contributed by atoms with Crippen molar-refractivity contribution in [3.63, 3.8) is 0 Å². The Morgan fingerprint density at radius 2 is 1.57 bits per heavy atom. The first-order valence-electron chi connectivity index (χ1n) is 12.5. The van der Waals surface area contributed by atoms with Crippen LogP contribution in [0.5, 0.6) is 0 Å². The van der Waals surface area contributed by atoms with Gasteiger partial charge in [0, 0.05) is 17.8 Å². The molecule has 4 aromatic carbocycles. The van der Waals surface area contributed by atoms with Crippen molar-refractivity contribution in [3.8, 4) is 5.69 Å². The average Bonchev–Trinajstić information content (AvgIpc) is 3.33. The second-order valence-electron chi connectivity index (χ2n) is 10.1. The Hall–Kier alpha value is -4.25. The lowest BCUT2D eigenvalue weighted by Gasteiger charge is -2.35. The Balaban J connectivity index is 1.44. The fourth-order valence-electron chi connectivity index (χ4n) is 5.03. The summed E-state index contributed by atoms with van der Waals surface area (Å²) in [5, 5.41) is 8.75. The van der Waals surface area contributed by atoms with Gasteiger partial charge < -0.3 is 5.32 Å². The van der Waals surface area contributed by atoms with Gasteiger partial charge in [0.25, 0.3) is 0 Å². The molecule has 1 aromatic heterocycles. The summed E-state index contributed by atoms with van der Waals surface area (Å²) in [5.74, 6) is -0.210. The van der Waals surface area contributed by atoms with Crippen LogP contribution in [0.3, 0.4) is 0 Å². The monoisotopic (exact) mass is 491 g/mol. The molecular formula is C32H30FN3O. The van der Waals surface area contributed by atoms with Crippen molar-refractivity contribution < 1.29 is 9.18 Å². The van der Waals surface area contributed by atoms with Crippen molar-refractivity contribution in [3.05, 3.63) is 132 Å². The van der Waals surface area contributed by atoms with E-state index in [1.807, 2.05) is 47.3 Å². The van der Waals surface area contributed by atoms with Crippen LogP contribution in [0.15, 0.2) is 109 Å². The normalized spacial score (nSPS) is 12.4. The Morgan fingerprint density at radius 1 is 0.892 bits per heavy atom. The molecule has 1 atom stereocenters. The molecule has 0 saturated heterocycles. The number of fused-ring (bicyclic) bond motifs is 1. The molecule has 4 nitrogen and oxygen atoms in total. The third-order valence-electron chi connectivity index (χ3n) is 6.86. The van der Waals surface area contributed by atoms with E-state index in [0.717, 1.165) is 27.7 Å². The Bertz CT molecular complexity index is 1490. The van der Waals surface area contributed by atoms with E-state index >= 15 is 0 Å². The molecule has 0 radical (unpaired) electrons. The van der Waals surface area contributed by atoms with E-state index in [4.69, 9.17) is 0 Å². The summed E-state index contributed by atoms with van der Waals surface area (Å²) >= 11 is 0. The fraction of sp³-hybridized carbons (Fsp3) is 0.188. The lowest BCUT2D eigenvalue weighted by atomic mass is 9.71. The van der Waals surface area contributed by atoms with Crippen molar-refractivity contribution in [2.24, 2.45) is 5.41 Å². The van der Waals surface area contributed by atoms with Crippen LogP contribution >= 0.6 is 0 Å². The highest BCUT2D eigenvalue weighted by molar-refractivity contribution is 5.81. The van der Waals surface area contributed by atoms with Crippen LogP contribution < -0.4 is 5.32 Å². The van der Waals surface area contributed by atoms with Gasteiger partial charge >= 0.3 is 0 Å². The number of amides is 1. The van der Waals surface area contributed by atoms with Gasteiger partial charge in [0.05, 0.1) is 23.8 Å². The lowest BCUT2D eigenvalue weighted by molar-refractivity contribution is -0.120. The zero-order valence-corrected chi connectivity index (χ0v) is 21.1. The molecular weight excluding hydrogens is 461 g/mol. The van der Waals surface area contributed by atoms with Gasteiger partial charge in [-0.15, -0.1) is 0 Å². The van der Waals surface area contributed by atoms with Gasteiger partial charge in [-0.2, -0.15) is 5.10 Å². The minimum absolute atomic E-state index is 0.0158. The number of hydrogen-bond acceptors (Lipinski definition) is 2. The lowest BCUT2D eigenvalue weighted by Crippen LogP contribution is -2.38. The summed E-state index contributed by atoms with van der Waals surface area (Å²) < 4.78 is 15.2. The van der Waals surface area contributed by atoms with Gasteiger partial charge in [0.15, 0.2) is 0 Å². The number of halogens is 1. The number of nitrogens with zero attached hydrogens (tertiary/aromatic N) is 2. The van der Waals surface area contributed by atoms with Crippen LogP contribution in [0.2, 0.25) is 0 Å². The van der Waals surface area contributed by atoms with Gasteiger partial charge in [-0.05, 0) is 58.5 Å². The van der Waals surface area contributed by atoms with E-state index in [0.29, 0.717) is 13.0 Å². The quantitative estimate of drug-likeness (QED) is 0.263. The second-order valence-corrected chi connectivity index (χ2v) is 10.1. The summed E-state index contributed by atoms with van der Waals surface area (Å²) in [6, 6.07) is 32.9. The minimum atomic E-state index is -0.272. The topological polar surface area (TPSA) is 46.9 Å². The standard InChI is InChI=1S/C32H30FN3O/c1-32(2,22-34-30(37)19-23-9-5-3-6-10-23)31(24-11-7-4-8-12-24)25-13-18-29-26(20-25)21-35-36(29)28-16-14-27(33)15-17-28/h3-18,20-21,31H,19,22H2,1-2H3,(H,34,37)/t31-/m0/s1. The third kappa shape index (κ3) is 5.46. The highest BCUT2D eigenvalue weighted by Gasteiger charge is 2.33. The van der Waals surface area contributed by atoms with E-state index < -0.39 is 0 Å². The zero-order valence-electron chi connectivity index (χ0n) is 21.1. The van der Waals surface area contributed by atoms with Crippen molar-refractivity contribution in [1.29, 1.82) is 0 Å². The van der Waals surface area contributed by atoms with E-state index in [1.165, 1.54) is 17.7 Å². The highest BCUT2D eigenvalue weighted by atomic mass is 19.1. The number of carbonyl (C=O) groups is 1. The molecule has 37 heavy (non-hydrogen) atoms. The molecule has 1 heterocycles. The van der Waals surface area contributed by atoms with E-state index in [-0.39, 0.29) is 23.1 Å². The summed E-state index contributed by atoms with van der Waals surface area (Å²) in [7, 11) is 0. The van der Waals surface area contributed by atoms with Crippen LogP contribution in [-0.2, 0) is 11.2 Å². The van der Waals surface area contributed by atoms with Crippen molar-refractivity contribution >= 4 is 16.8 Å². The number of carbonyl (C=O) groups excluding carboxylic acids is 1. The molecule has 0 bridgehead atoms. The van der Waals surface area contributed by atoms with E-state index in [2.05, 4.69) is 66.7 Å². The molecule has 5 aromatic rings. The molecule has 5 rings (SSSR count). The molecule has 0 spiro atoms.